The van der Waals surface area contributed by atoms with E-state index in [0.717, 1.165) is 57.7 Å². The molecule has 3 heterocycles. The van der Waals surface area contributed by atoms with Crippen molar-refractivity contribution < 1.29 is 9.47 Å². The summed E-state index contributed by atoms with van der Waals surface area (Å²) in [7, 11) is 1.82. The first-order valence-corrected chi connectivity index (χ1v) is 10.8. The fourth-order valence-corrected chi connectivity index (χ4v) is 4.26. The second-order valence-electron chi connectivity index (χ2n) is 8.95. The van der Waals surface area contributed by atoms with E-state index in [1.54, 1.807) is 0 Å². The Bertz CT molecular complexity index is 674. The monoisotopic (exact) mass is 531 g/mol. The molecule has 1 aromatic heterocycles. The molecule has 0 amide bonds. The van der Waals surface area contributed by atoms with Crippen LogP contribution in [0.5, 0.6) is 0 Å². The van der Waals surface area contributed by atoms with Crippen molar-refractivity contribution in [1.29, 1.82) is 0 Å². The molecule has 0 spiro atoms. The molecule has 2 N–H and O–H groups in total. The van der Waals surface area contributed by atoms with Crippen molar-refractivity contribution in [2.45, 2.75) is 46.3 Å². The summed E-state index contributed by atoms with van der Waals surface area (Å²) in [5, 5.41) is 6.97. The molecule has 170 valence electrons. The van der Waals surface area contributed by atoms with Gasteiger partial charge in [-0.05, 0) is 24.3 Å². The number of halogens is 1. The van der Waals surface area contributed by atoms with E-state index in [4.69, 9.17) is 9.47 Å². The first kappa shape index (κ1) is 25.1. The lowest BCUT2D eigenvalue weighted by atomic mass is 9.78. The number of guanidine groups is 1. The largest absolute Gasteiger partial charge is 0.378 e. The van der Waals surface area contributed by atoms with Gasteiger partial charge in [-0.25, -0.2) is 4.98 Å². The van der Waals surface area contributed by atoms with Gasteiger partial charge in [0.05, 0.1) is 19.3 Å². The van der Waals surface area contributed by atoms with E-state index in [-0.39, 0.29) is 35.5 Å². The number of hydrogen-bond acceptors (Lipinski definition) is 5. The van der Waals surface area contributed by atoms with Gasteiger partial charge in [0.1, 0.15) is 5.82 Å². The molecule has 1 aromatic rings. The number of anilines is 1. The third-order valence-electron chi connectivity index (χ3n) is 5.68. The molecule has 8 heteroatoms. The summed E-state index contributed by atoms with van der Waals surface area (Å²) in [6, 6.07) is 4.12. The Balaban J connectivity index is 0.00000320. The molecule has 2 aliphatic rings. The fraction of sp³-hybridized carbons (Fsp3) is 0.727. The molecule has 0 saturated carbocycles. The van der Waals surface area contributed by atoms with Crippen LogP contribution in [0.2, 0.25) is 0 Å². The Morgan fingerprint density at radius 3 is 2.70 bits per heavy atom. The van der Waals surface area contributed by atoms with Gasteiger partial charge in [0.15, 0.2) is 5.96 Å². The van der Waals surface area contributed by atoms with Crippen LogP contribution in [0, 0.1) is 11.3 Å². The fourth-order valence-electron chi connectivity index (χ4n) is 4.26. The molecule has 30 heavy (non-hydrogen) atoms. The molecule has 2 unspecified atom stereocenters. The van der Waals surface area contributed by atoms with Crippen LogP contribution in [-0.4, -0.2) is 63.6 Å². The van der Waals surface area contributed by atoms with Crippen LogP contribution in [0.3, 0.4) is 0 Å². The number of hydrogen-bond donors (Lipinski definition) is 2. The normalized spacial score (nSPS) is 22.9. The van der Waals surface area contributed by atoms with Gasteiger partial charge in [0.2, 0.25) is 0 Å². The highest BCUT2D eigenvalue weighted by Crippen LogP contribution is 2.33. The summed E-state index contributed by atoms with van der Waals surface area (Å²) >= 11 is 0. The molecule has 2 aliphatic heterocycles. The summed E-state index contributed by atoms with van der Waals surface area (Å²) in [6.45, 7) is 12.5. The van der Waals surface area contributed by atoms with E-state index in [9.17, 15) is 0 Å². The lowest BCUT2D eigenvalue weighted by molar-refractivity contribution is -0.0835. The maximum absolute atomic E-state index is 6.11. The van der Waals surface area contributed by atoms with Gasteiger partial charge in [-0.3, -0.25) is 4.99 Å². The average molecular weight is 531 g/mol. The van der Waals surface area contributed by atoms with Gasteiger partial charge in [0, 0.05) is 57.5 Å². The minimum atomic E-state index is 0. The zero-order valence-electron chi connectivity index (χ0n) is 18.8. The van der Waals surface area contributed by atoms with Gasteiger partial charge in [0.25, 0.3) is 0 Å². The third kappa shape index (κ3) is 6.95. The van der Waals surface area contributed by atoms with Gasteiger partial charge < -0.3 is 25.0 Å². The van der Waals surface area contributed by atoms with E-state index in [1.165, 1.54) is 12.0 Å². The Hall–Kier alpha value is -1.13. The highest BCUT2D eigenvalue weighted by atomic mass is 127. The standard InChI is InChI=1S/C22H37N5O2.HI/c1-22(2,3)19-17(8-6-12-29-19)15-25-21(23-4)26-16-18-7-5-9-24-20(18)27-10-13-28-14-11-27;/h5,7,9,17,19H,6,8,10-16H2,1-4H3,(H2,23,25,26);1H. The second kappa shape index (κ2) is 12.0. The van der Waals surface area contributed by atoms with Crippen molar-refractivity contribution >= 4 is 35.8 Å². The quantitative estimate of drug-likeness (QED) is 0.346. The van der Waals surface area contributed by atoms with Gasteiger partial charge in [-0.2, -0.15) is 0 Å². The molecule has 3 rings (SSSR count). The first-order chi connectivity index (χ1) is 14.0. The highest BCUT2D eigenvalue weighted by molar-refractivity contribution is 14.0. The predicted octanol–water partition coefficient (Wildman–Crippen LogP) is 3.04. The molecular formula is C22H38IN5O2. The molecule has 0 radical (unpaired) electrons. The summed E-state index contributed by atoms with van der Waals surface area (Å²) in [5.74, 6) is 2.34. The van der Waals surface area contributed by atoms with E-state index in [2.05, 4.69) is 52.3 Å². The summed E-state index contributed by atoms with van der Waals surface area (Å²) in [6.07, 6.45) is 4.45. The van der Waals surface area contributed by atoms with Crippen LogP contribution in [0.4, 0.5) is 5.82 Å². The topological polar surface area (TPSA) is 71.0 Å². The Morgan fingerprint density at radius 1 is 1.23 bits per heavy atom. The summed E-state index contributed by atoms with van der Waals surface area (Å²) < 4.78 is 11.6. The molecule has 0 bridgehead atoms. The molecule has 2 saturated heterocycles. The SMILES string of the molecule is CN=C(NCc1cccnc1N1CCOCC1)NCC1CCCOC1C(C)(C)C.I. The molecule has 0 aliphatic carbocycles. The number of nitrogens with one attached hydrogen (secondary N) is 2. The number of aliphatic imine (C=N–C) groups is 1. The van der Waals surface area contributed by atoms with Crippen LogP contribution < -0.4 is 15.5 Å². The van der Waals surface area contributed by atoms with Gasteiger partial charge in [-0.15, -0.1) is 24.0 Å². The van der Waals surface area contributed by atoms with E-state index < -0.39 is 0 Å². The van der Waals surface area contributed by atoms with Crippen LogP contribution in [0.25, 0.3) is 0 Å². The Kier molecular flexibility index (Phi) is 10.1. The molecule has 7 nitrogen and oxygen atoms in total. The van der Waals surface area contributed by atoms with Crippen molar-refractivity contribution in [3.05, 3.63) is 23.9 Å². The van der Waals surface area contributed by atoms with E-state index in [1.807, 2.05) is 19.3 Å². The number of morpholine rings is 1. The van der Waals surface area contributed by atoms with Crippen molar-refractivity contribution in [2.24, 2.45) is 16.3 Å². The zero-order valence-corrected chi connectivity index (χ0v) is 21.1. The van der Waals surface area contributed by atoms with Crippen molar-refractivity contribution in [3.63, 3.8) is 0 Å². The van der Waals surface area contributed by atoms with Crippen molar-refractivity contribution in [2.75, 3.05) is 51.4 Å². The second-order valence-corrected chi connectivity index (χ2v) is 8.95. The molecule has 0 aromatic carbocycles. The number of aromatic nitrogens is 1. The average Bonchev–Trinajstić information content (AvgIpc) is 2.74. The van der Waals surface area contributed by atoms with Crippen molar-refractivity contribution in [3.8, 4) is 0 Å². The number of rotatable bonds is 5. The predicted molar refractivity (Wildman–Crippen MR) is 133 cm³/mol. The smallest absolute Gasteiger partial charge is 0.191 e. The Labute approximate surface area is 198 Å². The van der Waals surface area contributed by atoms with E-state index >= 15 is 0 Å². The maximum atomic E-state index is 6.11. The summed E-state index contributed by atoms with van der Waals surface area (Å²) in [4.78, 5) is 11.3. The van der Waals surface area contributed by atoms with Gasteiger partial charge >= 0.3 is 0 Å². The van der Waals surface area contributed by atoms with Crippen LogP contribution in [0.1, 0.15) is 39.2 Å². The molecular weight excluding hydrogens is 493 g/mol. The summed E-state index contributed by atoms with van der Waals surface area (Å²) in [5.41, 5.74) is 1.32. The zero-order chi connectivity index (χ0) is 20.7. The van der Waals surface area contributed by atoms with E-state index in [0.29, 0.717) is 12.5 Å². The third-order valence-corrected chi connectivity index (χ3v) is 5.68. The number of nitrogens with zero attached hydrogens (tertiary/aromatic N) is 3. The maximum Gasteiger partial charge on any atom is 0.191 e. The first-order valence-electron chi connectivity index (χ1n) is 10.8. The molecule has 2 atom stereocenters. The lowest BCUT2D eigenvalue weighted by Crippen LogP contribution is -2.47. The minimum Gasteiger partial charge on any atom is -0.378 e. The number of pyridine rings is 1. The minimum absolute atomic E-state index is 0. The van der Waals surface area contributed by atoms with Crippen LogP contribution in [0.15, 0.2) is 23.3 Å². The van der Waals surface area contributed by atoms with Crippen molar-refractivity contribution in [1.82, 2.24) is 15.6 Å². The van der Waals surface area contributed by atoms with Crippen LogP contribution in [-0.2, 0) is 16.0 Å². The highest BCUT2D eigenvalue weighted by Gasteiger charge is 2.35. The Morgan fingerprint density at radius 2 is 2.00 bits per heavy atom. The number of ether oxygens (including phenoxy) is 2. The van der Waals surface area contributed by atoms with Gasteiger partial charge in [-0.1, -0.05) is 26.8 Å². The lowest BCUT2D eigenvalue weighted by Gasteiger charge is -2.40. The van der Waals surface area contributed by atoms with Crippen LogP contribution >= 0.6 is 24.0 Å². The molecule has 2 fully saturated rings.